The van der Waals surface area contributed by atoms with Crippen molar-refractivity contribution in [1.82, 2.24) is 0 Å². The van der Waals surface area contributed by atoms with Gasteiger partial charge in [-0.2, -0.15) is 0 Å². The highest BCUT2D eigenvalue weighted by atomic mass is 79.9. The maximum Gasteiger partial charge on any atom is 0.146 e. The van der Waals surface area contributed by atoms with Gasteiger partial charge in [0.05, 0.1) is 5.69 Å². The minimum Gasteiger partial charge on any atom is -0.491 e. The Hall–Kier alpha value is -1.59. The number of ether oxygens (including phenoxy) is 1. The van der Waals surface area contributed by atoms with E-state index in [4.69, 9.17) is 4.74 Å². The highest BCUT2D eigenvalue weighted by Gasteiger charge is 2.08. The van der Waals surface area contributed by atoms with E-state index in [0.29, 0.717) is 11.4 Å². The first-order valence-corrected chi connectivity index (χ1v) is 7.40. The average molecular weight is 354 g/mol. The first kappa shape index (κ1) is 15.8. The van der Waals surface area contributed by atoms with Crippen LogP contribution in [0.5, 0.6) is 5.75 Å². The van der Waals surface area contributed by atoms with Crippen LogP contribution < -0.4 is 10.1 Å². The van der Waals surface area contributed by atoms with Gasteiger partial charge >= 0.3 is 0 Å². The second-order valence-electron chi connectivity index (χ2n) is 4.78. The molecule has 0 aliphatic carbocycles. The number of nitrogens with one attached hydrogen (secondary N) is 1. The molecule has 1 unspecified atom stereocenters. The highest BCUT2D eigenvalue weighted by Crippen LogP contribution is 2.20. The molecule has 2 N–H and O–H groups in total. The summed E-state index contributed by atoms with van der Waals surface area (Å²) in [4.78, 5) is 0. The topological polar surface area (TPSA) is 41.5 Å². The van der Waals surface area contributed by atoms with Crippen molar-refractivity contribution in [3.05, 3.63) is 58.3 Å². The lowest BCUT2D eigenvalue weighted by atomic mass is 10.2. The second-order valence-corrected chi connectivity index (χ2v) is 5.70. The van der Waals surface area contributed by atoms with Gasteiger partial charge in [0.25, 0.3) is 0 Å². The van der Waals surface area contributed by atoms with E-state index in [1.807, 2.05) is 31.2 Å². The Kier molecular flexibility index (Phi) is 5.59. The van der Waals surface area contributed by atoms with E-state index in [0.717, 1.165) is 10.0 Å². The van der Waals surface area contributed by atoms with Gasteiger partial charge < -0.3 is 15.2 Å². The fourth-order valence-electron chi connectivity index (χ4n) is 1.75. The third-order valence-corrected chi connectivity index (χ3v) is 3.41. The maximum atomic E-state index is 13.5. The molecule has 3 nitrogen and oxygen atoms in total. The van der Waals surface area contributed by atoms with Gasteiger partial charge in [0, 0.05) is 11.0 Å². The summed E-state index contributed by atoms with van der Waals surface area (Å²) >= 11 is 3.28. The average Bonchev–Trinajstić information content (AvgIpc) is 2.47. The Morgan fingerprint density at radius 3 is 2.67 bits per heavy atom. The van der Waals surface area contributed by atoms with Gasteiger partial charge in [-0.25, -0.2) is 4.39 Å². The van der Waals surface area contributed by atoms with E-state index >= 15 is 0 Å². The number of benzene rings is 2. The number of aliphatic hydroxyl groups excluding tert-OH is 1. The minimum absolute atomic E-state index is 0.145. The molecule has 0 saturated carbocycles. The monoisotopic (exact) mass is 353 g/mol. The lowest BCUT2D eigenvalue weighted by Crippen LogP contribution is -2.26. The van der Waals surface area contributed by atoms with Crippen LogP contribution in [0.1, 0.15) is 5.56 Å². The molecule has 0 bridgehead atoms. The molecular weight excluding hydrogens is 337 g/mol. The van der Waals surface area contributed by atoms with Gasteiger partial charge in [0.15, 0.2) is 0 Å². The first-order valence-electron chi connectivity index (χ1n) is 6.61. The summed E-state index contributed by atoms with van der Waals surface area (Å²) in [5.74, 6) is 0.345. The summed E-state index contributed by atoms with van der Waals surface area (Å²) in [5, 5.41) is 12.7. The number of hydrogen-bond donors (Lipinski definition) is 2. The van der Waals surface area contributed by atoms with Crippen molar-refractivity contribution in [3.8, 4) is 5.75 Å². The fraction of sp³-hybridized carbons (Fsp3) is 0.250. The standard InChI is InChI=1S/C16H17BrFNO2/c1-11-2-5-14(6-3-11)21-10-13(20)9-19-16-8-12(17)4-7-15(16)18/h2-8,13,19-20H,9-10H2,1H3. The molecule has 2 rings (SSSR count). The van der Waals surface area contributed by atoms with Crippen LogP contribution in [0.25, 0.3) is 0 Å². The van der Waals surface area contributed by atoms with Crippen molar-refractivity contribution in [2.24, 2.45) is 0 Å². The van der Waals surface area contributed by atoms with Gasteiger partial charge in [0.2, 0.25) is 0 Å². The minimum atomic E-state index is -0.732. The van der Waals surface area contributed by atoms with Crippen LogP contribution in [0.15, 0.2) is 46.9 Å². The molecule has 0 aliphatic heterocycles. The molecule has 0 saturated heterocycles. The SMILES string of the molecule is Cc1ccc(OCC(O)CNc2cc(Br)ccc2F)cc1. The van der Waals surface area contributed by atoms with Crippen LogP contribution in [0.2, 0.25) is 0 Å². The largest absolute Gasteiger partial charge is 0.491 e. The molecule has 1 atom stereocenters. The van der Waals surface area contributed by atoms with E-state index in [1.54, 1.807) is 12.1 Å². The molecule has 0 aromatic heterocycles. The van der Waals surface area contributed by atoms with Crippen molar-refractivity contribution in [2.75, 3.05) is 18.5 Å². The smallest absolute Gasteiger partial charge is 0.146 e. The lowest BCUT2D eigenvalue weighted by Gasteiger charge is -2.14. The molecule has 0 heterocycles. The Morgan fingerprint density at radius 1 is 1.24 bits per heavy atom. The van der Waals surface area contributed by atoms with Crippen LogP contribution in [0, 0.1) is 12.7 Å². The number of anilines is 1. The Labute approximate surface area is 131 Å². The zero-order valence-electron chi connectivity index (χ0n) is 11.6. The number of halogens is 2. The third-order valence-electron chi connectivity index (χ3n) is 2.92. The van der Waals surface area contributed by atoms with Gasteiger partial charge in [-0.05, 0) is 37.3 Å². The van der Waals surface area contributed by atoms with E-state index < -0.39 is 6.10 Å². The number of hydrogen-bond acceptors (Lipinski definition) is 3. The van der Waals surface area contributed by atoms with Gasteiger partial charge in [-0.3, -0.25) is 0 Å². The quantitative estimate of drug-likeness (QED) is 0.830. The zero-order valence-corrected chi connectivity index (χ0v) is 13.2. The molecule has 0 fully saturated rings. The Balaban J connectivity index is 1.80. The van der Waals surface area contributed by atoms with Crippen molar-refractivity contribution in [1.29, 1.82) is 0 Å². The second kappa shape index (κ2) is 7.43. The molecule has 5 heteroatoms. The summed E-state index contributed by atoms with van der Waals surface area (Å²) < 4.78 is 19.8. The molecule has 0 spiro atoms. The molecular formula is C16H17BrFNO2. The number of aliphatic hydroxyl groups is 1. The van der Waals surface area contributed by atoms with Gasteiger partial charge in [0.1, 0.15) is 24.3 Å². The molecule has 0 aliphatic rings. The first-order chi connectivity index (χ1) is 10.0. The molecule has 0 radical (unpaired) electrons. The predicted octanol–water partition coefficient (Wildman–Crippen LogP) is 3.75. The molecule has 2 aromatic rings. The summed E-state index contributed by atoms with van der Waals surface area (Å²) in [6, 6.07) is 12.2. The predicted molar refractivity (Wildman–Crippen MR) is 85.3 cm³/mol. The van der Waals surface area contributed by atoms with Crippen molar-refractivity contribution >= 4 is 21.6 Å². The maximum absolute atomic E-state index is 13.5. The summed E-state index contributed by atoms with van der Waals surface area (Å²) in [6.07, 6.45) is -0.732. The van der Waals surface area contributed by atoms with E-state index in [-0.39, 0.29) is 19.0 Å². The summed E-state index contributed by atoms with van der Waals surface area (Å²) in [6.45, 7) is 2.35. The Morgan fingerprint density at radius 2 is 1.95 bits per heavy atom. The van der Waals surface area contributed by atoms with Crippen LogP contribution >= 0.6 is 15.9 Å². The van der Waals surface area contributed by atoms with Gasteiger partial charge in [-0.15, -0.1) is 0 Å². The summed E-state index contributed by atoms with van der Waals surface area (Å²) in [7, 11) is 0. The number of aryl methyl sites for hydroxylation is 1. The van der Waals surface area contributed by atoms with Crippen LogP contribution in [-0.2, 0) is 0 Å². The molecule has 2 aromatic carbocycles. The summed E-state index contributed by atoms with van der Waals surface area (Å²) in [5.41, 5.74) is 1.49. The Bertz CT molecular complexity index is 589. The van der Waals surface area contributed by atoms with Crippen LogP contribution in [0.4, 0.5) is 10.1 Å². The lowest BCUT2D eigenvalue weighted by molar-refractivity contribution is 0.117. The molecule has 21 heavy (non-hydrogen) atoms. The van der Waals surface area contributed by atoms with E-state index in [9.17, 15) is 9.50 Å². The zero-order chi connectivity index (χ0) is 15.2. The normalized spacial score (nSPS) is 12.0. The van der Waals surface area contributed by atoms with Crippen molar-refractivity contribution in [3.63, 3.8) is 0 Å². The molecule has 112 valence electrons. The number of rotatable bonds is 6. The fourth-order valence-corrected chi connectivity index (χ4v) is 2.11. The van der Waals surface area contributed by atoms with Crippen molar-refractivity contribution in [2.45, 2.75) is 13.0 Å². The van der Waals surface area contributed by atoms with E-state index in [1.165, 1.54) is 6.07 Å². The highest BCUT2D eigenvalue weighted by molar-refractivity contribution is 9.10. The van der Waals surface area contributed by atoms with Gasteiger partial charge in [-0.1, -0.05) is 33.6 Å². The third kappa shape index (κ3) is 5.02. The van der Waals surface area contributed by atoms with Crippen molar-refractivity contribution < 1.29 is 14.2 Å². The van der Waals surface area contributed by atoms with Crippen LogP contribution in [-0.4, -0.2) is 24.4 Å². The van der Waals surface area contributed by atoms with E-state index in [2.05, 4.69) is 21.2 Å². The molecule has 0 amide bonds. The van der Waals surface area contributed by atoms with Crippen LogP contribution in [0.3, 0.4) is 0 Å².